The first-order valence-electron chi connectivity index (χ1n) is 6.20. The number of rotatable bonds is 2. The van der Waals surface area contributed by atoms with Gasteiger partial charge in [-0.2, -0.15) is 5.10 Å². The molecule has 0 spiro atoms. The van der Waals surface area contributed by atoms with Crippen LogP contribution in [0.4, 0.5) is 0 Å². The summed E-state index contributed by atoms with van der Waals surface area (Å²) in [5.41, 5.74) is 3.44. The number of nitrogens with zero attached hydrogens (tertiary/aromatic N) is 1. The molecule has 0 saturated heterocycles. The molecule has 1 aromatic rings. The van der Waals surface area contributed by atoms with Gasteiger partial charge in [0.2, 0.25) is 0 Å². The van der Waals surface area contributed by atoms with Gasteiger partial charge in [0.25, 0.3) is 5.91 Å². The fourth-order valence-electron chi connectivity index (χ4n) is 2.55. The molecule has 1 aromatic carbocycles. The highest BCUT2D eigenvalue weighted by Crippen LogP contribution is 2.40. The minimum absolute atomic E-state index is 0.0183. The first-order valence-corrected chi connectivity index (χ1v) is 6.20. The van der Waals surface area contributed by atoms with Crippen molar-refractivity contribution in [1.82, 2.24) is 5.43 Å². The Labute approximate surface area is 110 Å². The second-order valence-electron chi connectivity index (χ2n) is 4.88. The van der Waals surface area contributed by atoms with Crippen LogP contribution in [0, 0.1) is 11.8 Å². The van der Waals surface area contributed by atoms with Crippen molar-refractivity contribution in [2.45, 2.75) is 12.8 Å². The van der Waals surface area contributed by atoms with Crippen LogP contribution < -0.4 is 5.43 Å². The van der Waals surface area contributed by atoms with Crippen molar-refractivity contribution < 1.29 is 15.0 Å². The van der Waals surface area contributed by atoms with Gasteiger partial charge < -0.3 is 10.2 Å². The van der Waals surface area contributed by atoms with Crippen molar-refractivity contribution in [3.63, 3.8) is 0 Å². The Kier molecular flexibility index (Phi) is 2.74. The third-order valence-corrected chi connectivity index (χ3v) is 3.69. The molecule has 1 amide bonds. The number of carbonyl (C=O) groups is 1. The summed E-state index contributed by atoms with van der Waals surface area (Å²) in [4.78, 5) is 11.8. The minimum Gasteiger partial charge on any atom is -0.508 e. The number of nitrogens with one attached hydrogen (secondary N) is 1. The van der Waals surface area contributed by atoms with Crippen LogP contribution in [0.25, 0.3) is 0 Å². The molecule has 2 aliphatic carbocycles. The molecule has 2 atom stereocenters. The van der Waals surface area contributed by atoms with Crippen LogP contribution in [0.1, 0.15) is 23.2 Å². The third kappa shape index (κ3) is 2.07. The van der Waals surface area contributed by atoms with E-state index in [9.17, 15) is 15.0 Å². The molecule has 98 valence electrons. The summed E-state index contributed by atoms with van der Waals surface area (Å²) in [7, 11) is 0. The summed E-state index contributed by atoms with van der Waals surface area (Å²) in [6.45, 7) is 0. The van der Waals surface area contributed by atoms with Gasteiger partial charge in [-0.05, 0) is 37.0 Å². The van der Waals surface area contributed by atoms with Gasteiger partial charge in [0, 0.05) is 11.6 Å². The van der Waals surface area contributed by atoms with E-state index in [-0.39, 0.29) is 17.1 Å². The maximum atomic E-state index is 11.8. The fourth-order valence-corrected chi connectivity index (χ4v) is 2.55. The minimum atomic E-state index is -0.518. The summed E-state index contributed by atoms with van der Waals surface area (Å²) in [5, 5.41) is 23.0. The Morgan fingerprint density at radius 2 is 2.21 bits per heavy atom. The van der Waals surface area contributed by atoms with Crippen molar-refractivity contribution in [3.05, 3.63) is 35.9 Å². The van der Waals surface area contributed by atoms with Gasteiger partial charge in [0.1, 0.15) is 11.5 Å². The lowest BCUT2D eigenvalue weighted by atomic mass is 9.74. The number of phenolic OH excluding ortho intramolecular Hbond substituents is 2. The number of aromatic hydroxyl groups is 2. The molecule has 1 fully saturated rings. The van der Waals surface area contributed by atoms with E-state index in [1.807, 2.05) is 0 Å². The second-order valence-corrected chi connectivity index (χ2v) is 4.88. The van der Waals surface area contributed by atoms with Gasteiger partial charge in [-0.15, -0.1) is 0 Å². The lowest BCUT2D eigenvalue weighted by Crippen LogP contribution is -2.35. The molecule has 5 heteroatoms. The largest absolute Gasteiger partial charge is 0.508 e. The van der Waals surface area contributed by atoms with Crippen LogP contribution in [0.15, 0.2) is 35.5 Å². The first-order chi connectivity index (χ1) is 9.15. The summed E-state index contributed by atoms with van der Waals surface area (Å²) in [6, 6.07) is 3.81. The monoisotopic (exact) mass is 258 g/mol. The van der Waals surface area contributed by atoms with E-state index in [4.69, 9.17) is 0 Å². The number of fused-ring (bicyclic) bond motifs is 1. The molecule has 0 bridgehead atoms. The van der Waals surface area contributed by atoms with E-state index in [1.165, 1.54) is 18.2 Å². The Morgan fingerprint density at radius 3 is 3.00 bits per heavy atom. The van der Waals surface area contributed by atoms with Crippen molar-refractivity contribution in [3.8, 4) is 11.5 Å². The van der Waals surface area contributed by atoms with Crippen LogP contribution in [-0.2, 0) is 0 Å². The van der Waals surface area contributed by atoms with Crippen LogP contribution in [0.3, 0.4) is 0 Å². The molecular formula is C14H14N2O3. The normalized spacial score (nSPS) is 26.0. The number of benzene rings is 1. The lowest BCUT2D eigenvalue weighted by Gasteiger charge is -2.31. The fraction of sp³-hybridized carbons (Fsp3) is 0.286. The van der Waals surface area contributed by atoms with Crippen LogP contribution >= 0.6 is 0 Å². The number of phenols is 2. The highest BCUT2D eigenvalue weighted by Gasteiger charge is 2.38. The predicted molar refractivity (Wildman–Crippen MR) is 70.0 cm³/mol. The van der Waals surface area contributed by atoms with Crippen LogP contribution in [0.2, 0.25) is 0 Å². The molecule has 3 rings (SSSR count). The predicted octanol–water partition coefficient (Wildman–Crippen LogP) is 1.78. The number of allylic oxidation sites excluding steroid dienone is 2. The molecule has 19 heavy (non-hydrogen) atoms. The maximum absolute atomic E-state index is 11.8. The standard InChI is InChI=1S/C14H14N2O3/c17-9-4-5-13(18)11(7-9)14(19)16-15-12-6-8-2-1-3-10(8)12/h1-2,4-5,7-8,10,17-18H,3,6H2,(H,16,19). The maximum Gasteiger partial charge on any atom is 0.275 e. The zero-order chi connectivity index (χ0) is 13.4. The number of hydrazone groups is 1. The topological polar surface area (TPSA) is 81.9 Å². The molecule has 3 N–H and O–H groups in total. The Bertz CT molecular complexity index is 592. The van der Waals surface area contributed by atoms with E-state index in [2.05, 4.69) is 22.7 Å². The lowest BCUT2D eigenvalue weighted by molar-refractivity contribution is 0.0951. The summed E-state index contributed by atoms with van der Waals surface area (Å²) < 4.78 is 0. The highest BCUT2D eigenvalue weighted by molar-refractivity contribution is 5.99. The van der Waals surface area contributed by atoms with Gasteiger partial charge >= 0.3 is 0 Å². The summed E-state index contributed by atoms with van der Waals surface area (Å²) in [6.07, 6.45) is 6.19. The van der Waals surface area contributed by atoms with E-state index in [0.717, 1.165) is 18.6 Å². The zero-order valence-electron chi connectivity index (χ0n) is 10.2. The molecule has 2 unspecified atom stereocenters. The molecule has 2 aliphatic rings. The smallest absolute Gasteiger partial charge is 0.275 e. The molecule has 0 aromatic heterocycles. The summed E-state index contributed by atoms with van der Waals surface area (Å²) >= 11 is 0. The molecule has 1 saturated carbocycles. The van der Waals surface area contributed by atoms with Crippen LogP contribution in [-0.4, -0.2) is 21.8 Å². The third-order valence-electron chi connectivity index (χ3n) is 3.69. The molecular weight excluding hydrogens is 244 g/mol. The number of amides is 1. The van der Waals surface area contributed by atoms with Crippen molar-refractivity contribution in [1.29, 1.82) is 0 Å². The first kappa shape index (κ1) is 11.8. The average molecular weight is 258 g/mol. The van der Waals surface area contributed by atoms with Crippen molar-refractivity contribution >= 4 is 11.6 Å². The average Bonchev–Trinajstić information content (AvgIpc) is 2.74. The second kappa shape index (κ2) is 4.42. The van der Waals surface area contributed by atoms with E-state index in [1.54, 1.807) is 0 Å². The van der Waals surface area contributed by atoms with Crippen molar-refractivity contribution in [2.75, 3.05) is 0 Å². The highest BCUT2D eigenvalue weighted by atomic mass is 16.3. The number of hydrogen-bond donors (Lipinski definition) is 3. The Hall–Kier alpha value is -2.30. The van der Waals surface area contributed by atoms with E-state index < -0.39 is 5.91 Å². The Balaban J connectivity index is 1.69. The molecule has 0 heterocycles. The number of carbonyl (C=O) groups excluding carboxylic acids is 1. The summed E-state index contributed by atoms with van der Waals surface area (Å²) in [5.74, 6) is 0.238. The SMILES string of the molecule is O=C(NN=C1CC2C=CCC12)c1cc(O)ccc1O. The van der Waals surface area contributed by atoms with Crippen molar-refractivity contribution in [2.24, 2.45) is 16.9 Å². The number of hydrogen-bond acceptors (Lipinski definition) is 4. The van der Waals surface area contributed by atoms with Gasteiger partial charge in [-0.1, -0.05) is 12.2 Å². The van der Waals surface area contributed by atoms with Gasteiger partial charge in [0.15, 0.2) is 0 Å². The molecule has 0 radical (unpaired) electrons. The van der Waals surface area contributed by atoms with Gasteiger partial charge in [-0.25, -0.2) is 5.43 Å². The van der Waals surface area contributed by atoms with Gasteiger partial charge in [-0.3, -0.25) is 4.79 Å². The van der Waals surface area contributed by atoms with E-state index >= 15 is 0 Å². The van der Waals surface area contributed by atoms with Crippen LogP contribution in [0.5, 0.6) is 11.5 Å². The molecule has 5 nitrogen and oxygen atoms in total. The molecule has 0 aliphatic heterocycles. The van der Waals surface area contributed by atoms with E-state index in [0.29, 0.717) is 11.8 Å². The quantitative estimate of drug-likeness (QED) is 0.429. The van der Waals surface area contributed by atoms with Gasteiger partial charge in [0.05, 0.1) is 5.56 Å². The Morgan fingerprint density at radius 1 is 1.37 bits per heavy atom. The zero-order valence-corrected chi connectivity index (χ0v) is 10.2.